The fourth-order valence-corrected chi connectivity index (χ4v) is 1.88. The van der Waals surface area contributed by atoms with Crippen LogP contribution in [0.1, 0.15) is 24.5 Å². The van der Waals surface area contributed by atoms with Gasteiger partial charge >= 0.3 is 0 Å². The lowest BCUT2D eigenvalue weighted by atomic mass is 10.0. The number of aromatic hydroxyl groups is 1. The summed E-state index contributed by atoms with van der Waals surface area (Å²) in [5.74, 6) is 0.619. The molecule has 0 bridgehead atoms. The first-order valence-corrected chi connectivity index (χ1v) is 6.50. The monoisotopic (exact) mass is 271 g/mol. The van der Waals surface area contributed by atoms with E-state index in [-0.39, 0.29) is 5.75 Å². The third-order valence-electron chi connectivity index (χ3n) is 2.84. The van der Waals surface area contributed by atoms with Gasteiger partial charge in [0.2, 0.25) is 0 Å². The molecular weight excluding hydrogens is 254 g/mol. The largest absolute Gasteiger partial charge is 0.507 e. The van der Waals surface area contributed by atoms with E-state index in [1.165, 1.54) is 6.07 Å². The standard InChI is InChI=1S/C16H17NO3/c1-2-10-20-13-8-9-14(15(18)11-13)16(17-19)12-6-4-3-5-7-12/h3-9,11,18-19H,2,10H2,1H3/b17-16-. The fraction of sp³-hybridized carbons (Fsp3) is 0.188. The van der Waals surface area contributed by atoms with Crippen molar-refractivity contribution in [1.29, 1.82) is 0 Å². The van der Waals surface area contributed by atoms with Crippen LogP contribution in [0.4, 0.5) is 0 Å². The summed E-state index contributed by atoms with van der Waals surface area (Å²) in [6.07, 6.45) is 0.899. The summed E-state index contributed by atoms with van der Waals surface area (Å²) in [6.45, 7) is 2.61. The van der Waals surface area contributed by atoms with Crippen molar-refractivity contribution < 1.29 is 15.1 Å². The van der Waals surface area contributed by atoms with E-state index < -0.39 is 0 Å². The Morgan fingerprint density at radius 2 is 1.90 bits per heavy atom. The molecule has 20 heavy (non-hydrogen) atoms. The minimum absolute atomic E-state index is 0.0234. The van der Waals surface area contributed by atoms with Crippen LogP contribution < -0.4 is 4.74 Å². The molecule has 4 nitrogen and oxygen atoms in total. The predicted molar refractivity (Wildman–Crippen MR) is 77.8 cm³/mol. The number of phenolic OH excluding ortho intramolecular Hbond substituents is 1. The summed E-state index contributed by atoms with van der Waals surface area (Å²) in [7, 11) is 0. The van der Waals surface area contributed by atoms with Gasteiger partial charge in [0, 0.05) is 17.2 Å². The highest BCUT2D eigenvalue weighted by molar-refractivity contribution is 6.14. The molecule has 2 N–H and O–H groups in total. The number of rotatable bonds is 5. The number of ether oxygens (including phenoxy) is 1. The predicted octanol–water partition coefficient (Wildman–Crippen LogP) is 3.41. The van der Waals surface area contributed by atoms with E-state index in [0.717, 1.165) is 12.0 Å². The molecule has 0 amide bonds. The minimum atomic E-state index is 0.0234. The molecule has 2 aromatic rings. The molecule has 0 fully saturated rings. The molecule has 104 valence electrons. The summed E-state index contributed by atoms with van der Waals surface area (Å²) in [5.41, 5.74) is 1.51. The lowest BCUT2D eigenvalue weighted by molar-refractivity contribution is 0.314. The molecule has 0 aliphatic heterocycles. The first-order valence-electron chi connectivity index (χ1n) is 6.50. The van der Waals surface area contributed by atoms with Crippen LogP contribution in [0, 0.1) is 0 Å². The van der Waals surface area contributed by atoms with E-state index in [4.69, 9.17) is 4.74 Å². The van der Waals surface area contributed by atoms with Crippen LogP contribution in [0.5, 0.6) is 11.5 Å². The van der Waals surface area contributed by atoms with Crippen molar-refractivity contribution in [3.05, 3.63) is 59.7 Å². The second-order valence-corrected chi connectivity index (χ2v) is 4.34. The average molecular weight is 271 g/mol. The van der Waals surface area contributed by atoms with Gasteiger partial charge < -0.3 is 15.1 Å². The van der Waals surface area contributed by atoms with Crippen molar-refractivity contribution in [3.63, 3.8) is 0 Å². The van der Waals surface area contributed by atoms with Crippen LogP contribution in [0.15, 0.2) is 53.7 Å². The SMILES string of the molecule is CCCOc1ccc(/C(=N\O)c2ccccc2)c(O)c1. The number of hydrogen-bond donors (Lipinski definition) is 2. The fourth-order valence-electron chi connectivity index (χ4n) is 1.88. The summed E-state index contributed by atoms with van der Waals surface area (Å²) in [4.78, 5) is 0. The molecule has 0 radical (unpaired) electrons. The van der Waals surface area contributed by atoms with Crippen molar-refractivity contribution in [2.45, 2.75) is 13.3 Å². The van der Waals surface area contributed by atoms with E-state index in [2.05, 4.69) is 5.16 Å². The molecule has 0 aliphatic rings. The summed E-state index contributed by atoms with van der Waals surface area (Å²) in [5, 5.41) is 22.6. The minimum Gasteiger partial charge on any atom is -0.507 e. The van der Waals surface area contributed by atoms with Gasteiger partial charge in [-0.05, 0) is 18.6 Å². The Bertz CT molecular complexity index is 594. The zero-order valence-electron chi connectivity index (χ0n) is 11.3. The van der Waals surface area contributed by atoms with Gasteiger partial charge in [-0.2, -0.15) is 0 Å². The molecule has 0 heterocycles. The van der Waals surface area contributed by atoms with Crippen LogP contribution in [0.3, 0.4) is 0 Å². The molecule has 0 unspecified atom stereocenters. The molecule has 4 heteroatoms. The Hall–Kier alpha value is -2.49. The molecule has 0 aromatic heterocycles. The van der Waals surface area contributed by atoms with E-state index in [1.54, 1.807) is 12.1 Å². The molecule has 2 aromatic carbocycles. The van der Waals surface area contributed by atoms with Gasteiger partial charge in [0.05, 0.1) is 6.61 Å². The maximum absolute atomic E-state index is 10.1. The lowest BCUT2D eigenvalue weighted by Crippen LogP contribution is -2.04. The normalized spacial score (nSPS) is 11.3. The Morgan fingerprint density at radius 1 is 1.15 bits per heavy atom. The van der Waals surface area contributed by atoms with Gasteiger partial charge in [0.15, 0.2) is 0 Å². The Kier molecular flexibility index (Phi) is 4.60. The van der Waals surface area contributed by atoms with Crippen molar-refractivity contribution in [3.8, 4) is 11.5 Å². The topological polar surface area (TPSA) is 62.0 Å². The van der Waals surface area contributed by atoms with Crippen molar-refractivity contribution in [1.82, 2.24) is 0 Å². The van der Waals surface area contributed by atoms with E-state index >= 15 is 0 Å². The van der Waals surface area contributed by atoms with Gasteiger partial charge in [-0.15, -0.1) is 0 Å². The first-order chi connectivity index (χ1) is 9.76. The quantitative estimate of drug-likeness (QED) is 0.497. The van der Waals surface area contributed by atoms with Crippen LogP contribution >= 0.6 is 0 Å². The van der Waals surface area contributed by atoms with Gasteiger partial charge in [-0.3, -0.25) is 0 Å². The second kappa shape index (κ2) is 6.61. The number of nitrogens with zero attached hydrogens (tertiary/aromatic N) is 1. The highest BCUT2D eigenvalue weighted by atomic mass is 16.5. The number of phenols is 1. The number of oxime groups is 1. The summed E-state index contributed by atoms with van der Waals surface area (Å²) >= 11 is 0. The molecule has 0 saturated carbocycles. The van der Waals surface area contributed by atoms with Gasteiger partial charge in [0.25, 0.3) is 0 Å². The third-order valence-corrected chi connectivity index (χ3v) is 2.84. The van der Waals surface area contributed by atoms with Crippen molar-refractivity contribution >= 4 is 5.71 Å². The average Bonchev–Trinajstić information content (AvgIpc) is 2.49. The number of hydrogen-bond acceptors (Lipinski definition) is 4. The Morgan fingerprint density at radius 3 is 2.50 bits per heavy atom. The molecule has 0 spiro atoms. The van der Waals surface area contributed by atoms with Crippen LogP contribution in [0.2, 0.25) is 0 Å². The van der Waals surface area contributed by atoms with Crippen molar-refractivity contribution in [2.75, 3.05) is 6.61 Å². The second-order valence-electron chi connectivity index (χ2n) is 4.34. The molecular formula is C16H17NO3. The Balaban J connectivity index is 2.32. The van der Waals surface area contributed by atoms with Gasteiger partial charge in [0.1, 0.15) is 17.2 Å². The highest BCUT2D eigenvalue weighted by Gasteiger charge is 2.13. The third kappa shape index (κ3) is 3.09. The molecule has 0 aliphatic carbocycles. The van der Waals surface area contributed by atoms with E-state index in [0.29, 0.717) is 23.6 Å². The lowest BCUT2D eigenvalue weighted by Gasteiger charge is -2.10. The van der Waals surface area contributed by atoms with Crippen LogP contribution in [0.25, 0.3) is 0 Å². The summed E-state index contributed by atoms with van der Waals surface area (Å²) in [6, 6.07) is 14.2. The maximum Gasteiger partial charge on any atom is 0.128 e. The summed E-state index contributed by atoms with van der Waals surface area (Å²) < 4.78 is 5.45. The molecule has 0 saturated heterocycles. The Labute approximate surface area is 117 Å². The van der Waals surface area contributed by atoms with Crippen LogP contribution in [-0.2, 0) is 0 Å². The zero-order valence-corrected chi connectivity index (χ0v) is 11.3. The number of benzene rings is 2. The van der Waals surface area contributed by atoms with E-state index in [1.807, 2.05) is 37.3 Å². The van der Waals surface area contributed by atoms with E-state index in [9.17, 15) is 10.3 Å². The first kappa shape index (κ1) is 13.9. The molecule has 2 rings (SSSR count). The van der Waals surface area contributed by atoms with Gasteiger partial charge in [-0.1, -0.05) is 42.4 Å². The smallest absolute Gasteiger partial charge is 0.128 e. The van der Waals surface area contributed by atoms with Gasteiger partial charge in [-0.25, -0.2) is 0 Å². The molecule has 0 atom stereocenters. The highest BCUT2D eigenvalue weighted by Crippen LogP contribution is 2.26. The zero-order chi connectivity index (χ0) is 14.4. The van der Waals surface area contributed by atoms with Crippen molar-refractivity contribution in [2.24, 2.45) is 5.16 Å². The maximum atomic E-state index is 10.1. The van der Waals surface area contributed by atoms with Crippen LogP contribution in [-0.4, -0.2) is 22.6 Å².